The van der Waals surface area contributed by atoms with Gasteiger partial charge in [0.25, 0.3) is 5.91 Å². The molecule has 2 aromatic carbocycles. The normalized spacial score (nSPS) is 16.5. The Hall–Kier alpha value is -6.92. The van der Waals surface area contributed by atoms with Crippen LogP contribution in [0.5, 0.6) is 0 Å². The third kappa shape index (κ3) is 22.9. The number of nitrogens with one attached hydrogen (secondary N) is 6. The maximum Gasteiger partial charge on any atom is 0.410 e. The van der Waals surface area contributed by atoms with E-state index in [0.717, 1.165) is 5.56 Å². The summed E-state index contributed by atoms with van der Waals surface area (Å²) in [6.45, 7) is 22.0. The summed E-state index contributed by atoms with van der Waals surface area (Å²) >= 11 is 3.03. The number of carboxylic acids is 1. The van der Waals surface area contributed by atoms with Gasteiger partial charge < -0.3 is 61.0 Å². The Bertz CT molecular complexity index is 2660. The number of hydrogen-bond donors (Lipinski definition) is 7. The van der Waals surface area contributed by atoms with Crippen LogP contribution in [0.4, 0.5) is 10.5 Å². The Morgan fingerprint density at radius 2 is 1.36 bits per heavy atom. The van der Waals surface area contributed by atoms with Crippen LogP contribution in [0, 0.1) is 29.6 Å². The summed E-state index contributed by atoms with van der Waals surface area (Å²) in [7, 11) is 6.01. The van der Waals surface area contributed by atoms with Gasteiger partial charge in [-0.15, -0.1) is 0 Å². The van der Waals surface area contributed by atoms with Crippen molar-refractivity contribution in [1.82, 2.24) is 41.3 Å². The molecule has 0 radical (unpaired) electrons. The van der Waals surface area contributed by atoms with Gasteiger partial charge in [0.15, 0.2) is 0 Å². The highest BCUT2D eigenvalue weighted by molar-refractivity contribution is 9.12. The zero-order valence-corrected chi connectivity index (χ0v) is 55.5. The first-order valence-electron chi connectivity index (χ1n) is 30.5. The van der Waals surface area contributed by atoms with Crippen molar-refractivity contribution in [3.05, 3.63) is 76.8 Å². The molecule has 2 aromatic rings. The van der Waals surface area contributed by atoms with E-state index in [9.17, 15) is 53.1 Å². The second-order valence-electron chi connectivity index (χ2n) is 23.9. The molecule has 88 heavy (non-hydrogen) atoms. The molecule has 1 heterocycles. The number of carbonyl (C=O) groups excluding carboxylic acids is 9. The lowest BCUT2D eigenvalue weighted by Gasteiger charge is -2.41. The van der Waals surface area contributed by atoms with E-state index in [1.807, 2.05) is 19.9 Å². The fourth-order valence-electron chi connectivity index (χ4n) is 10.9. The maximum absolute atomic E-state index is 14.7. The Labute approximate surface area is 528 Å². The van der Waals surface area contributed by atoms with Crippen molar-refractivity contribution in [2.24, 2.45) is 29.6 Å². The first-order chi connectivity index (χ1) is 41.5. The molecule has 1 aliphatic rings. The molecule has 0 bridgehead atoms. The molecule has 3 rings (SSSR count). The summed E-state index contributed by atoms with van der Waals surface area (Å²) in [4.78, 5) is 138. The molecule has 0 saturated carbocycles. The summed E-state index contributed by atoms with van der Waals surface area (Å²) in [6.07, 6.45) is 1.47. The molecule has 11 atom stereocenters. The third-order valence-electron chi connectivity index (χ3n) is 16.2. The molecule has 24 heteroatoms. The monoisotopic (exact) mass is 1300 g/mol. The highest BCUT2D eigenvalue weighted by atomic mass is 79.9. The molecule has 0 aliphatic carbocycles. The minimum absolute atomic E-state index is 0.0841. The molecule has 0 aromatic heterocycles. The first kappa shape index (κ1) is 75.3. The van der Waals surface area contributed by atoms with Gasteiger partial charge in [-0.2, -0.15) is 0 Å². The van der Waals surface area contributed by atoms with Crippen molar-refractivity contribution < 1.29 is 67.3 Å². The largest absolute Gasteiger partial charge is 0.480 e. The maximum atomic E-state index is 14.7. The standard InChI is InChI=1S/C64H98BrN9O14/c1-16-40(8)55(49(86-14)35-51(76)74-33-23-26-48(74)56(87-15)41(9)57(77)69-47(63(83)84)34-44-24-19-17-20-25-44)72(12)62(82)53(38(4)5)71-61(81)54(39(6)7)73(13)64(85)88-36-45-28-30-46(31-29-45)68-59(79)43(11)67-60(80)52(37(2)3)70-50(75)27-21-18-22-32-66-58(78)42(10)65/h17,19-20,24-25,28-31,37-41,43,47-49,52-56H,10,16,18,21-23,26-27,32-36H2,1-9,11-15H3,(H,66,78)(H,67,80)(H,68,79)(H,69,77)(H,70,75)(H,71,81)(H,83,84)/t40-,41+,43+,47?,48-,49+,52+,53-,54-,55-,56+/m0/s1. The molecule has 1 unspecified atom stereocenters. The predicted molar refractivity (Wildman–Crippen MR) is 338 cm³/mol. The quantitative estimate of drug-likeness (QED) is 0.0290. The number of halogens is 1. The molecule has 1 aliphatic heterocycles. The van der Waals surface area contributed by atoms with E-state index in [1.165, 1.54) is 38.0 Å². The van der Waals surface area contributed by atoms with Gasteiger partial charge in [-0.3, -0.25) is 43.3 Å². The molecular weight excluding hydrogens is 1200 g/mol. The van der Waals surface area contributed by atoms with Gasteiger partial charge >= 0.3 is 12.1 Å². The van der Waals surface area contributed by atoms with Gasteiger partial charge in [0.2, 0.25) is 41.4 Å². The number of methoxy groups -OCH3 is 2. The molecule has 0 spiro atoms. The van der Waals surface area contributed by atoms with E-state index in [1.54, 1.807) is 109 Å². The van der Waals surface area contributed by atoms with Gasteiger partial charge in [-0.25, -0.2) is 9.59 Å². The van der Waals surface area contributed by atoms with Crippen LogP contribution in [-0.4, -0.2) is 175 Å². The van der Waals surface area contributed by atoms with Crippen molar-refractivity contribution in [3.63, 3.8) is 0 Å². The number of carbonyl (C=O) groups is 10. The van der Waals surface area contributed by atoms with Gasteiger partial charge in [-0.05, 0) is 95.5 Å². The van der Waals surface area contributed by atoms with Crippen LogP contribution in [0.2, 0.25) is 0 Å². The summed E-state index contributed by atoms with van der Waals surface area (Å²) < 4.78 is 17.9. The topological polar surface area (TPSA) is 301 Å². The number of nitrogens with zero attached hydrogens (tertiary/aromatic N) is 3. The van der Waals surface area contributed by atoms with E-state index >= 15 is 0 Å². The molecule has 9 amide bonds. The third-order valence-corrected chi connectivity index (χ3v) is 16.6. The number of rotatable bonds is 36. The van der Waals surface area contributed by atoms with Gasteiger partial charge in [0.05, 0.1) is 41.1 Å². The second-order valence-corrected chi connectivity index (χ2v) is 24.9. The summed E-state index contributed by atoms with van der Waals surface area (Å²) in [5, 5.41) is 26.5. The van der Waals surface area contributed by atoms with Crippen LogP contribution >= 0.6 is 15.9 Å². The highest BCUT2D eigenvalue weighted by Crippen LogP contribution is 2.30. The SMILES string of the molecule is C=C(Br)C(=O)NCCCCCC(=O)N[C@@H](C(=O)N[C@H](C)C(=O)Nc1ccc(COC(=O)N(C)[C@H](C(=O)N[C@H](C(=O)N(C)[C@@H]([C@@H](C)CC)[C@@H](CC(=O)N2CCC[C@H]2[C@H](OC)[C@@H](C)C(=O)NC(Cc2ccccc2)C(=O)O)OC)C(C)C)C(C)C)cc1)C(C)C. The zero-order chi connectivity index (χ0) is 66.1. The average molecular weight is 1300 g/mol. The Morgan fingerprint density at radius 3 is 1.92 bits per heavy atom. The van der Waals surface area contributed by atoms with Crippen LogP contribution in [0.15, 0.2) is 65.7 Å². The number of hydrogen-bond acceptors (Lipinski definition) is 13. The fraction of sp³-hybridized carbons (Fsp3) is 0.625. The molecule has 1 saturated heterocycles. The number of anilines is 1. The van der Waals surface area contributed by atoms with E-state index in [0.29, 0.717) is 62.9 Å². The summed E-state index contributed by atoms with van der Waals surface area (Å²) in [5.41, 5.74) is 1.72. The second kappa shape index (κ2) is 37.2. The minimum atomic E-state index is -1.18. The number of unbranched alkanes of at least 4 members (excludes halogenated alkanes) is 2. The van der Waals surface area contributed by atoms with Crippen molar-refractivity contribution in [3.8, 4) is 0 Å². The van der Waals surface area contributed by atoms with E-state index in [4.69, 9.17) is 14.2 Å². The van der Waals surface area contributed by atoms with Gasteiger partial charge in [0.1, 0.15) is 36.8 Å². The van der Waals surface area contributed by atoms with Crippen molar-refractivity contribution in [2.75, 3.05) is 46.7 Å². The molecule has 1 fully saturated rings. The summed E-state index contributed by atoms with van der Waals surface area (Å²) in [6, 6.07) is 9.17. The van der Waals surface area contributed by atoms with Crippen LogP contribution < -0.4 is 31.9 Å². The molecule has 23 nitrogen and oxygen atoms in total. The molecule has 490 valence electrons. The molecule has 7 N–H and O–H groups in total. The fourth-order valence-corrected chi connectivity index (χ4v) is 11.0. The van der Waals surface area contributed by atoms with Crippen LogP contribution in [0.1, 0.15) is 132 Å². The number of amides is 9. The van der Waals surface area contributed by atoms with Crippen LogP contribution in [0.25, 0.3) is 0 Å². The zero-order valence-electron chi connectivity index (χ0n) is 53.9. The Kier molecular flexibility index (Phi) is 31.8. The smallest absolute Gasteiger partial charge is 0.410 e. The van der Waals surface area contributed by atoms with E-state index < -0.39 is 114 Å². The van der Waals surface area contributed by atoms with Crippen LogP contribution in [-0.2, 0) is 70.4 Å². The lowest BCUT2D eigenvalue weighted by atomic mass is 9.89. The first-order valence-corrected chi connectivity index (χ1v) is 31.3. The predicted octanol–water partition coefficient (Wildman–Crippen LogP) is 6.32. The Balaban J connectivity index is 1.63. The lowest BCUT2D eigenvalue weighted by Crippen LogP contribution is -2.60. The minimum Gasteiger partial charge on any atom is -0.480 e. The van der Waals surface area contributed by atoms with Crippen molar-refractivity contribution >= 4 is 80.9 Å². The number of aliphatic carboxylic acids is 1. The van der Waals surface area contributed by atoms with E-state index in [-0.39, 0.29) is 59.9 Å². The number of likely N-dealkylation sites (tertiary alicyclic amines) is 1. The highest BCUT2D eigenvalue weighted by Gasteiger charge is 2.44. The van der Waals surface area contributed by atoms with Crippen molar-refractivity contribution in [2.45, 2.75) is 188 Å². The van der Waals surface area contributed by atoms with Gasteiger partial charge in [0, 0.05) is 59.9 Å². The van der Waals surface area contributed by atoms with Crippen molar-refractivity contribution in [1.29, 1.82) is 0 Å². The molecular formula is C64H98BrN9O14. The van der Waals surface area contributed by atoms with Gasteiger partial charge in [-0.1, -0.05) is 124 Å². The summed E-state index contributed by atoms with van der Waals surface area (Å²) in [5.74, 6) is -6.75. The lowest BCUT2D eigenvalue weighted by molar-refractivity contribution is -0.148. The van der Waals surface area contributed by atoms with Crippen LogP contribution in [0.3, 0.4) is 0 Å². The number of carboxylic acid groups (broad SMARTS) is 1. The number of likely N-dealkylation sites (N-methyl/N-ethyl adjacent to an activating group) is 2. The number of ether oxygens (including phenoxy) is 3. The van der Waals surface area contributed by atoms with E-state index in [2.05, 4.69) is 54.4 Å². The number of benzene rings is 2. The Morgan fingerprint density at radius 1 is 0.727 bits per heavy atom. The average Bonchev–Trinajstić information content (AvgIpc) is 2.86.